The van der Waals surface area contributed by atoms with Gasteiger partial charge in [0, 0.05) is 18.8 Å². The average Bonchev–Trinajstić information content (AvgIpc) is 2.38. The van der Waals surface area contributed by atoms with Gasteiger partial charge in [-0.1, -0.05) is 0 Å². The standard InChI is InChI=1S/C13H17NO3/c1-11(15)10-17-13-4-2-12(3-5-13)14-6-8-16-9-7-14/h2-5H,6-10H2,1H3. The van der Waals surface area contributed by atoms with E-state index in [0.717, 1.165) is 32.1 Å². The lowest BCUT2D eigenvalue weighted by molar-refractivity contribution is -0.118. The molecule has 0 unspecified atom stereocenters. The third-order valence-electron chi connectivity index (χ3n) is 2.66. The summed E-state index contributed by atoms with van der Waals surface area (Å²) < 4.78 is 10.6. The van der Waals surface area contributed by atoms with Crippen molar-refractivity contribution in [2.24, 2.45) is 0 Å². The molecule has 92 valence electrons. The fraction of sp³-hybridized carbons (Fsp3) is 0.462. The zero-order chi connectivity index (χ0) is 12.1. The molecule has 0 atom stereocenters. The van der Waals surface area contributed by atoms with Gasteiger partial charge in [0.1, 0.15) is 12.4 Å². The molecule has 0 aliphatic carbocycles. The second-order valence-corrected chi connectivity index (χ2v) is 4.08. The summed E-state index contributed by atoms with van der Waals surface area (Å²) in [6.45, 7) is 5.06. The van der Waals surface area contributed by atoms with Crippen molar-refractivity contribution in [2.75, 3.05) is 37.8 Å². The molecular formula is C13H17NO3. The van der Waals surface area contributed by atoms with Crippen LogP contribution in [-0.4, -0.2) is 38.7 Å². The molecule has 0 N–H and O–H groups in total. The van der Waals surface area contributed by atoms with Gasteiger partial charge in [-0.15, -0.1) is 0 Å². The Morgan fingerprint density at radius 1 is 1.29 bits per heavy atom. The molecule has 1 heterocycles. The Labute approximate surface area is 101 Å². The summed E-state index contributed by atoms with van der Waals surface area (Å²) in [5.74, 6) is 0.763. The minimum atomic E-state index is 0.0299. The maximum atomic E-state index is 10.8. The third-order valence-corrected chi connectivity index (χ3v) is 2.66. The van der Waals surface area contributed by atoms with Gasteiger partial charge in [-0.3, -0.25) is 4.79 Å². The summed E-state index contributed by atoms with van der Waals surface area (Å²) >= 11 is 0. The molecule has 1 fully saturated rings. The van der Waals surface area contributed by atoms with Crippen molar-refractivity contribution in [1.82, 2.24) is 0 Å². The molecule has 0 spiro atoms. The molecule has 17 heavy (non-hydrogen) atoms. The highest BCUT2D eigenvalue weighted by molar-refractivity contribution is 5.77. The maximum absolute atomic E-state index is 10.8. The van der Waals surface area contributed by atoms with Crippen molar-refractivity contribution in [3.63, 3.8) is 0 Å². The van der Waals surface area contributed by atoms with E-state index in [1.54, 1.807) is 0 Å². The van der Waals surface area contributed by atoms with E-state index in [0.29, 0.717) is 0 Å². The van der Waals surface area contributed by atoms with Crippen LogP contribution in [0.15, 0.2) is 24.3 Å². The predicted octanol–water partition coefficient (Wildman–Crippen LogP) is 1.49. The number of Topliss-reactive ketones (excluding diaryl/α,β-unsaturated/α-hetero) is 1. The molecule has 1 aromatic rings. The van der Waals surface area contributed by atoms with Gasteiger partial charge in [-0.25, -0.2) is 0 Å². The first-order chi connectivity index (χ1) is 8.25. The Bertz CT molecular complexity index is 369. The molecule has 0 bridgehead atoms. The first-order valence-electron chi connectivity index (χ1n) is 5.81. The van der Waals surface area contributed by atoms with E-state index in [2.05, 4.69) is 4.90 Å². The smallest absolute Gasteiger partial charge is 0.167 e. The Kier molecular flexibility index (Phi) is 3.98. The maximum Gasteiger partial charge on any atom is 0.167 e. The summed E-state index contributed by atoms with van der Waals surface area (Å²) in [4.78, 5) is 13.1. The quantitative estimate of drug-likeness (QED) is 0.792. The molecule has 4 heteroatoms. The molecule has 1 saturated heterocycles. The number of anilines is 1. The topological polar surface area (TPSA) is 38.8 Å². The number of ketones is 1. The SMILES string of the molecule is CC(=O)COc1ccc(N2CCOCC2)cc1. The summed E-state index contributed by atoms with van der Waals surface area (Å²) in [6.07, 6.45) is 0. The van der Waals surface area contributed by atoms with E-state index in [9.17, 15) is 4.79 Å². The number of morpholine rings is 1. The van der Waals surface area contributed by atoms with Crippen molar-refractivity contribution >= 4 is 11.5 Å². The van der Waals surface area contributed by atoms with Crippen LogP contribution in [-0.2, 0) is 9.53 Å². The van der Waals surface area contributed by atoms with Crippen LogP contribution in [0.2, 0.25) is 0 Å². The van der Waals surface area contributed by atoms with Crippen LogP contribution in [0, 0.1) is 0 Å². The minimum absolute atomic E-state index is 0.0299. The van der Waals surface area contributed by atoms with Crippen LogP contribution in [0.1, 0.15) is 6.92 Å². The fourth-order valence-electron chi connectivity index (χ4n) is 1.76. The highest BCUT2D eigenvalue weighted by Crippen LogP contribution is 2.20. The fourth-order valence-corrected chi connectivity index (χ4v) is 1.76. The van der Waals surface area contributed by atoms with Crippen LogP contribution >= 0.6 is 0 Å². The lowest BCUT2D eigenvalue weighted by atomic mass is 10.2. The van der Waals surface area contributed by atoms with E-state index in [4.69, 9.17) is 9.47 Å². The van der Waals surface area contributed by atoms with Gasteiger partial charge in [0.05, 0.1) is 13.2 Å². The van der Waals surface area contributed by atoms with Crippen LogP contribution in [0.4, 0.5) is 5.69 Å². The van der Waals surface area contributed by atoms with Gasteiger partial charge in [0.25, 0.3) is 0 Å². The van der Waals surface area contributed by atoms with Crippen LogP contribution < -0.4 is 9.64 Å². The largest absolute Gasteiger partial charge is 0.486 e. The van der Waals surface area contributed by atoms with E-state index in [-0.39, 0.29) is 12.4 Å². The summed E-state index contributed by atoms with van der Waals surface area (Å²) in [7, 11) is 0. The third kappa shape index (κ3) is 3.46. The minimum Gasteiger partial charge on any atom is -0.486 e. The molecular weight excluding hydrogens is 218 g/mol. The van der Waals surface area contributed by atoms with Gasteiger partial charge < -0.3 is 14.4 Å². The van der Waals surface area contributed by atoms with E-state index >= 15 is 0 Å². The Morgan fingerprint density at radius 3 is 2.53 bits per heavy atom. The number of rotatable bonds is 4. The summed E-state index contributed by atoms with van der Waals surface area (Å²) in [6, 6.07) is 7.82. The monoisotopic (exact) mass is 235 g/mol. The molecule has 0 aromatic heterocycles. The van der Waals surface area contributed by atoms with Crippen molar-refractivity contribution in [1.29, 1.82) is 0 Å². The number of hydrogen-bond acceptors (Lipinski definition) is 4. The second kappa shape index (κ2) is 5.68. The van der Waals surface area contributed by atoms with E-state index < -0.39 is 0 Å². The molecule has 0 saturated carbocycles. The lowest BCUT2D eigenvalue weighted by Crippen LogP contribution is -2.36. The molecule has 1 aliphatic heterocycles. The molecule has 1 aromatic carbocycles. The van der Waals surface area contributed by atoms with Gasteiger partial charge in [0.2, 0.25) is 0 Å². The van der Waals surface area contributed by atoms with E-state index in [1.807, 2.05) is 24.3 Å². The Morgan fingerprint density at radius 2 is 1.94 bits per heavy atom. The zero-order valence-electron chi connectivity index (χ0n) is 10.0. The van der Waals surface area contributed by atoms with Gasteiger partial charge in [0.15, 0.2) is 5.78 Å². The average molecular weight is 235 g/mol. The number of benzene rings is 1. The molecule has 4 nitrogen and oxygen atoms in total. The van der Waals surface area contributed by atoms with Crippen LogP contribution in [0.3, 0.4) is 0 Å². The summed E-state index contributed by atoms with van der Waals surface area (Å²) in [5, 5.41) is 0. The predicted molar refractivity (Wildman–Crippen MR) is 65.7 cm³/mol. The lowest BCUT2D eigenvalue weighted by Gasteiger charge is -2.28. The van der Waals surface area contributed by atoms with Crippen molar-refractivity contribution in [3.05, 3.63) is 24.3 Å². The summed E-state index contributed by atoms with van der Waals surface area (Å²) in [5.41, 5.74) is 1.17. The zero-order valence-corrected chi connectivity index (χ0v) is 10.0. The van der Waals surface area contributed by atoms with Crippen LogP contribution in [0.5, 0.6) is 5.75 Å². The Hall–Kier alpha value is -1.55. The number of carbonyl (C=O) groups excluding carboxylic acids is 1. The van der Waals surface area contributed by atoms with Crippen molar-refractivity contribution in [2.45, 2.75) is 6.92 Å². The van der Waals surface area contributed by atoms with Crippen molar-refractivity contribution < 1.29 is 14.3 Å². The number of ether oxygens (including phenoxy) is 2. The van der Waals surface area contributed by atoms with Crippen molar-refractivity contribution in [3.8, 4) is 5.75 Å². The van der Waals surface area contributed by atoms with E-state index in [1.165, 1.54) is 12.6 Å². The van der Waals surface area contributed by atoms with Gasteiger partial charge in [-0.05, 0) is 31.2 Å². The second-order valence-electron chi connectivity index (χ2n) is 4.08. The van der Waals surface area contributed by atoms with Gasteiger partial charge >= 0.3 is 0 Å². The first kappa shape index (κ1) is 11.9. The number of carbonyl (C=O) groups is 1. The number of hydrogen-bond donors (Lipinski definition) is 0. The van der Waals surface area contributed by atoms with Crippen LogP contribution in [0.25, 0.3) is 0 Å². The molecule has 2 rings (SSSR count). The first-order valence-corrected chi connectivity index (χ1v) is 5.81. The van der Waals surface area contributed by atoms with Gasteiger partial charge in [-0.2, -0.15) is 0 Å². The Balaban J connectivity index is 1.94. The number of nitrogens with zero attached hydrogens (tertiary/aromatic N) is 1. The molecule has 1 aliphatic rings. The highest BCUT2D eigenvalue weighted by atomic mass is 16.5. The molecule has 0 amide bonds. The molecule has 0 radical (unpaired) electrons. The normalized spacial score (nSPS) is 15.7. The highest BCUT2D eigenvalue weighted by Gasteiger charge is 2.10.